The van der Waals surface area contributed by atoms with Crippen molar-refractivity contribution in [2.75, 3.05) is 26.5 Å². The molecule has 0 bridgehead atoms. The number of hydrogen-bond acceptors (Lipinski definition) is 7. The molecule has 0 unspecified atom stereocenters. The first-order valence-corrected chi connectivity index (χ1v) is 10.9. The Morgan fingerprint density at radius 2 is 2.11 bits per heavy atom. The lowest BCUT2D eigenvalue weighted by atomic mass is 9.98. The van der Waals surface area contributed by atoms with Crippen molar-refractivity contribution in [2.24, 2.45) is 0 Å². The van der Waals surface area contributed by atoms with Crippen molar-refractivity contribution in [3.8, 4) is 5.75 Å². The van der Waals surface area contributed by atoms with Crippen molar-refractivity contribution in [3.63, 3.8) is 0 Å². The zero-order valence-corrected chi connectivity index (χ0v) is 16.7. The number of amides is 1. The number of benzene rings is 1. The molecule has 1 fully saturated rings. The summed E-state index contributed by atoms with van der Waals surface area (Å²) in [6.45, 7) is 1.05. The molecule has 1 aromatic carbocycles. The Labute approximate surface area is 164 Å². The molecular weight excluding hydrogens is 384 g/mol. The second-order valence-electron chi connectivity index (χ2n) is 6.79. The number of sulfonamides is 1. The molecule has 3 rings (SSSR count). The second-order valence-corrected chi connectivity index (χ2v) is 8.77. The van der Waals surface area contributed by atoms with Crippen LogP contribution in [0.15, 0.2) is 28.8 Å². The van der Waals surface area contributed by atoms with E-state index in [0.717, 1.165) is 5.56 Å². The molecule has 0 atom stereocenters. The maximum absolute atomic E-state index is 12.1. The lowest BCUT2D eigenvalue weighted by molar-refractivity contribution is -0.120. The van der Waals surface area contributed by atoms with Gasteiger partial charge in [-0.1, -0.05) is 17.3 Å². The molecule has 1 aromatic heterocycles. The molecule has 10 heteroatoms. The SMILES string of the molecule is COc1cccc(CC(=O)NCc2nc(C3CCN(S(C)(=O)=O)CC3)no2)c1. The molecule has 0 radical (unpaired) electrons. The minimum Gasteiger partial charge on any atom is -0.497 e. The highest BCUT2D eigenvalue weighted by Crippen LogP contribution is 2.26. The summed E-state index contributed by atoms with van der Waals surface area (Å²) in [5.41, 5.74) is 0.848. The van der Waals surface area contributed by atoms with Gasteiger partial charge in [-0.25, -0.2) is 12.7 Å². The van der Waals surface area contributed by atoms with Gasteiger partial charge in [0.05, 0.1) is 26.3 Å². The van der Waals surface area contributed by atoms with E-state index in [4.69, 9.17) is 9.26 Å². The van der Waals surface area contributed by atoms with Crippen molar-refractivity contribution < 1.29 is 22.5 Å². The minimum atomic E-state index is -3.16. The van der Waals surface area contributed by atoms with Crippen LogP contribution in [-0.4, -0.2) is 55.2 Å². The molecule has 152 valence electrons. The summed E-state index contributed by atoms with van der Waals surface area (Å²) in [6.07, 6.45) is 2.73. The van der Waals surface area contributed by atoms with E-state index in [1.807, 2.05) is 24.3 Å². The summed E-state index contributed by atoms with van der Waals surface area (Å²) in [5, 5.41) is 6.75. The maximum atomic E-state index is 12.1. The number of hydrogen-bond donors (Lipinski definition) is 1. The van der Waals surface area contributed by atoms with Crippen LogP contribution in [0.25, 0.3) is 0 Å². The Bertz CT molecular complexity index is 920. The van der Waals surface area contributed by atoms with Gasteiger partial charge in [0, 0.05) is 19.0 Å². The van der Waals surface area contributed by atoms with Crippen molar-refractivity contribution in [2.45, 2.75) is 31.7 Å². The van der Waals surface area contributed by atoms with Crippen LogP contribution in [0.4, 0.5) is 0 Å². The van der Waals surface area contributed by atoms with Crippen molar-refractivity contribution in [1.82, 2.24) is 19.8 Å². The van der Waals surface area contributed by atoms with E-state index in [0.29, 0.717) is 43.4 Å². The molecule has 0 aliphatic carbocycles. The first-order chi connectivity index (χ1) is 13.3. The number of carbonyl (C=O) groups is 1. The summed E-state index contributed by atoms with van der Waals surface area (Å²) in [6, 6.07) is 7.33. The van der Waals surface area contributed by atoms with E-state index < -0.39 is 10.0 Å². The first kappa shape index (κ1) is 20.3. The lowest BCUT2D eigenvalue weighted by Gasteiger charge is -2.28. The number of nitrogens with zero attached hydrogens (tertiary/aromatic N) is 3. The highest BCUT2D eigenvalue weighted by atomic mass is 32.2. The molecule has 0 saturated carbocycles. The third-order valence-corrected chi connectivity index (χ3v) is 6.01. The predicted molar refractivity (Wildman–Crippen MR) is 101 cm³/mol. The van der Waals surface area contributed by atoms with Crippen LogP contribution >= 0.6 is 0 Å². The molecule has 1 aliphatic rings. The topological polar surface area (TPSA) is 115 Å². The number of piperidine rings is 1. The zero-order chi connectivity index (χ0) is 20.1. The van der Waals surface area contributed by atoms with Crippen molar-refractivity contribution >= 4 is 15.9 Å². The van der Waals surface area contributed by atoms with Gasteiger partial charge in [-0.15, -0.1) is 0 Å². The Hall–Kier alpha value is -2.46. The van der Waals surface area contributed by atoms with Crippen LogP contribution in [0.3, 0.4) is 0 Å². The minimum absolute atomic E-state index is 0.0583. The Morgan fingerprint density at radius 3 is 2.79 bits per heavy atom. The maximum Gasteiger partial charge on any atom is 0.246 e. The molecule has 28 heavy (non-hydrogen) atoms. The number of ether oxygens (including phenoxy) is 1. The van der Waals surface area contributed by atoms with Gasteiger partial charge >= 0.3 is 0 Å². The summed E-state index contributed by atoms with van der Waals surface area (Å²) in [5.74, 6) is 1.50. The quantitative estimate of drug-likeness (QED) is 0.729. The predicted octanol–water partition coefficient (Wildman–Crippen LogP) is 1.08. The van der Waals surface area contributed by atoms with Crippen molar-refractivity contribution in [1.29, 1.82) is 0 Å². The summed E-state index contributed by atoms with van der Waals surface area (Å²) >= 11 is 0. The molecule has 1 amide bonds. The monoisotopic (exact) mass is 408 g/mol. The van der Waals surface area contributed by atoms with E-state index in [9.17, 15) is 13.2 Å². The van der Waals surface area contributed by atoms with Crippen LogP contribution in [-0.2, 0) is 27.8 Å². The average Bonchev–Trinajstić information content (AvgIpc) is 3.15. The fourth-order valence-electron chi connectivity index (χ4n) is 3.16. The van der Waals surface area contributed by atoms with Crippen LogP contribution in [0, 0.1) is 0 Å². The number of carbonyl (C=O) groups excluding carboxylic acids is 1. The van der Waals surface area contributed by atoms with Gasteiger partial charge in [-0.2, -0.15) is 4.98 Å². The zero-order valence-electron chi connectivity index (χ0n) is 15.9. The average molecular weight is 408 g/mol. The van der Waals surface area contributed by atoms with Gasteiger partial charge in [-0.3, -0.25) is 4.79 Å². The van der Waals surface area contributed by atoms with Crippen LogP contribution < -0.4 is 10.1 Å². The lowest BCUT2D eigenvalue weighted by Crippen LogP contribution is -2.37. The van der Waals surface area contributed by atoms with Crippen LogP contribution in [0.5, 0.6) is 5.75 Å². The van der Waals surface area contributed by atoms with Gasteiger partial charge in [0.25, 0.3) is 0 Å². The number of nitrogens with one attached hydrogen (secondary N) is 1. The number of aromatic nitrogens is 2. The molecule has 2 aromatic rings. The van der Waals surface area contributed by atoms with Crippen LogP contribution in [0.2, 0.25) is 0 Å². The largest absolute Gasteiger partial charge is 0.497 e. The van der Waals surface area contributed by atoms with E-state index >= 15 is 0 Å². The van der Waals surface area contributed by atoms with Gasteiger partial charge in [-0.05, 0) is 30.5 Å². The van der Waals surface area contributed by atoms with Crippen molar-refractivity contribution in [3.05, 3.63) is 41.5 Å². The standard InChI is InChI=1S/C18H24N4O5S/c1-26-15-5-3-4-13(10-15)11-16(23)19-12-17-20-18(21-27-17)14-6-8-22(9-7-14)28(2,24)25/h3-5,10,14H,6-9,11-12H2,1-2H3,(H,19,23). The molecule has 2 heterocycles. The highest BCUT2D eigenvalue weighted by molar-refractivity contribution is 7.88. The van der Waals surface area contributed by atoms with Gasteiger partial charge < -0.3 is 14.6 Å². The smallest absolute Gasteiger partial charge is 0.246 e. The fraction of sp³-hybridized carbons (Fsp3) is 0.500. The summed E-state index contributed by atoms with van der Waals surface area (Å²) in [4.78, 5) is 16.5. The summed E-state index contributed by atoms with van der Waals surface area (Å²) < 4.78 is 35.0. The van der Waals surface area contributed by atoms with E-state index in [-0.39, 0.29) is 24.8 Å². The first-order valence-electron chi connectivity index (χ1n) is 9.02. The Balaban J connectivity index is 1.49. The molecule has 1 saturated heterocycles. The molecule has 9 nitrogen and oxygen atoms in total. The third-order valence-electron chi connectivity index (χ3n) is 4.71. The summed E-state index contributed by atoms with van der Waals surface area (Å²) in [7, 11) is -1.58. The molecule has 1 N–H and O–H groups in total. The molecular formula is C18H24N4O5S. The Morgan fingerprint density at radius 1 is 1.36 bits per heavy atom. The van der Waals surface area contributed by atoms with Gasteiger partial charge in [0.1, 0.15) is 5.75 Å². The third kappa shape index (κ3) is 5.29. The second kappa shape index (κ2) is 8.70. The van der Waals surface area contributed by atoms with E-state index in [2.05, 4.69) is 15.5 Å². The van der Waals surface area contributed by atoms with E-state index in [1.165, 1.54) is 10.6 Å². The van der Waals surface area contributed by atoms with E-state index in [1.54, 1.807) is 7.11 Å². The highest BCUT2D eigenvalue weighted by Gasteiger charge is 2.28. The Kier molecular flexibility index (Phi) is 6.30. The fourth-order valence-corrected chi connectivity index (χ4v) is 4.03. The number of rotatable bonds is 7. The molecule has 1 aliphatic heterocycles. The normalized spacial score (nSPS) is 16.1. The number of methoxy groups -OCH3 is 1. The van der Waals surface area contributed by atoms with Crippen LogP contribution in [0.1, 0.15) is 36.0 Å². The van der Waals surface area contributed by atoms with Gasteiger partial charge in [0.15, 0.2) is 5.82 Å². The molecule has 0 spiro atoms. The van der Waals surface area contributed by atoms with Gasteiger partial charge in [0.2, 0.25) is 21.8 Å².